The monoisotopic (exact) mass is 331 g/mol. The van der Waals surface area contributed by atoms with Gasteiger partial charge in [-0.05, 0) is 18.2 Å². The zero-order chi connectivity index (χ0) is 16.9. The van der Waals surface area contributed by atoms with Gasteiger partial charge in [0.2, 0.25) is 5.60 Å². The van der Waals surface area contributed by atoms with E-state index < -0.39 is 17.6 Å². The van der Waals surface area contributed by atoms with Gasteiger partial charge >= 0.3 is 6.18 Å². The summed E-state index contributed by atoms with van der Waals surface area (Å²) < 4.78 is 43.2. The van der Waals surface area contributed by atoms with Gasteiger partial charge < -0.3 is 14.5 Å². The van der Waals surface area contributed by atoms with Crippen molar-refractivity contribution in [2.45, 2.75) is 11.8 Å². The number of aromatic nitrogens is 3. The molecule has 0 saturated carbocycles. The number of benzene rings is 1. The first-order valence-electron chi connectivity index (χ1n) is 7.21. The summed E-state index contributed by atoms with van der Waals surface area (Å²) in [4.78, 5) is 6.65. The van der Waals surface area contributed by atoms with Gasteiger partial charge in [0.1, 0.15) is 0 Å². The van der Waals surface area contributed by atoms with Gasteiger partial charge in [-0.1, -0.05) is 24.3 Å². The van der Waals surface area contributed by atoms with Crippen LogP contribution in [0.25, 0.3) is 16.4 Å². The van der Waals surface area contributed by atoms with Crippen molar-refractivity contribution in [1.29, 1.82) is 0 Å². The molecule has 0 saturated heterocycles. The Morgan fingerprint density at radius 1 is 1.04 bits per heavy atom. The van der Waals surface area contributed by atoms with Crippen molar-refractivity contribution in [2.75, 3.05) is 0 Å². The van der Waals surface area contributed by atoms with E-state index in [0.29, 0.717) is 16.4 Å². The third kappa shape index (κ3) is 1.88. The average Bonchev–Trinajstić information content (AvgIpc) is 3.18. The zero-order valence-corrected chi connectivity index (χ0v) is 12.2. The minimum absolute atomic E-state index is 0.276. The van der Waals surface area contributed by atoms with Gasteiger partial charge in [0.25, 0.3) is 0 Å². The highest BCUT2D eigenvalue weighted by Crippen LogP contribution is 2.45. The van der Waals surface area contributed by atoms with Crippen LogP contribution in [-0.4, -0.2) is 25.7 Å². The van der Waals surface area contributed by atoms with Crippen LogP contribution in [0.1, 0.15) is 11.4 Å². The molecule has 3 aromatic heterocycles. The number of alkyl halides is 3. The molecule has 7 heteroatoms. The molecule has 0 spiro atoms. The molecule has 0 aliphatic rings. The number of rotatable bonds is 2. The van der Waals surface area contributed by atoms with E-state index in [9.17, 15) is 18.3 Å². The van der Waals surface area contributed by atoms with E-state index in [4.69, 9.17) is 0 Å². The lowest BCUT2D eigenvalue weighted by atomic mass is 9.91. The standard InChI is InChI=1S/C17H12F3N3O/c18-17(19,20)16(24,13-10-21-14-7-2-1-6-12(13)14)15-22-9-11-5-3-4-8-23(11)15/h1-10,21,24H. The summed E-state index contributed by atoms with van der Waals surface area (Å²) >= 11 is 0. The van der Waals surface area contributed by atoms with Crippen molar-refractivity contribution in [2.24, 2.45) is 0 Å². The highest BCUT2D eigenvalue weighted by molar-refractivity contribution is 5.84. The molecule has 0 aliphatic heterocycles. The van der Waals surface area contributed by atoms with Crippen LogP contribution in [0, 0.1) is 0 Å². The summed E-state index contributed by atoms with van der Waals surface area (Å²) in [5.74, 6) is -0.490. The Morgan fingerprint density at radius 2 is 1.79 bits per heavy atom. The Bertz CT molecular complexity index is 958. The summed E-state index contributed by atoms with van der Waals surface area (Å²) in [5.41, 5.74) is -2.53. The molecule has 1 atom stereocenters. The van der Waals surface area contributed by atoms with Gasteiger partial charge in [-0.25, -0.2) is 4.98 Å². The molecule has 0 bridgehead atoms. The lowest BCUT2D eigenvalue weighted by Gasteiger charge is -2.29. The van der Waals surface area contributed by atoms with Gasteiger partial charge in [0, 0.05) is 28.9 Å². The Kier molecular flexibility index (Phi) is 2.98. The molecule has 0 radical (unpaired) electrons. The first-order valence-corrected chi connectivity index (χ1v) is 7.21. The normalized spacial score (nSPS) is 15.0. The third-order valence-corrected chi connectivity index (χ3v) is 4.15. The van der Waals surface area contributed by atoms with E-state index in [2.05, 4.69) is 9.97 Å². The zero-order valence-electron chi connectivity index (χ0n) is 12.2. The largest absolute Gasteiger partial charge is 0.428 e. The average molecular weight is 331 g/mol. The number of hydrogen-bond acceptors (Lipinski definition) is 2. The molecule has 122 valence electrons. The van der Waals surface area contributed by atoms with Crippen LogP contribution in [0.2, 0.25) is 0 Å². The first kappa shape index (κ1) is 14.8. The fourth-order valence-electron chi connectivity index (χ4n) is 2.98. The Morgan fingerprint density at radius 3 is 2.58 bits per heavy atom. The van der Waals surface area contributed by atoms with Crippen LogP contribution < -0.4 is 0 Å². The van der Waals surface area contributed by atoms with Crippen molar-refractivity contribution in [3.63, 3.8) is 0 Å². The van der Waals surface area contributed by atoms with E-state index in [0.717, 1.165) is 0 Å². The molecular formula is C17H12F3N3O. The molecular weight excluding hydrogens is 319 g/mol. The van der Waals surface area contributed by atoms with Gasteiger partial charge in [0.15, 0.2) is 5.82 Å². The van der Waals surface area contributed by atoms with Crippen LogP contribution in [0.3, 0.4) is 0 Å². The number of nitrogens with zero attached hydrogens (tertiary/aromatic N) is 2. The molecule has 4 aromatic rings. The van der Waals surface area contributed by atoms with E-state index in [1.54, 1.807) is 36.4 Å². The molecule has 4 nitrogen and oxygen atoms in total. The molecule has 4 rings (SSSR count). The van der Waals surface area contributed by atoms with E-state index in [1.807, 2.05) is 0 Å². The maximum absolute atomic E-state index is 14.0. The van der Waals surface area contributed by atoms with Crippen LogP contribution in [0.15, 0.2) is 61.1 Å². The molecule has 3 heterocycles. The second-order valence-corrected chi connectivity index (χ2v) is 5.53. The number of para-hydroxylation sites is 1. The summed E-state index contributed by atoms with van der Waals surface area (Å²) in [6.07, 6.45) is -1.01. The highest BCUT2D eigenvalue weighted by Gasteiger charge is 2.60. The smallest absolute Gasteiger partial charge is 0.370 e. The van der Waals surface area contributed by atoms with Crippen molar-refractivity contribution in [3.8, 4) is 0 Å². The van der Waals surface area contributed by atoms with Crippen molar-refractivity contribution < 1.29 is 18.3 Å². The molecule has 1 aromatic carbocycles. The van der Waals surface area contributed by atoms with E-state index in [-0.39, 0.29) is 5.56 Å². The molecule has 0 fully saturated rings. The van der Waals surface area contributed by atoms with Crippen LogP contribution in [0.5, 0.6) is 0 Å². The lowest BCUT2D eigenvalue weighted by molar-refractivity contribution is -0.250. The topological polar surface area (TPSA) is 53.3 Å². The number of nitrogens with one attached hydrogen (secondary N) is 1. The number of pyridine rings is 1. The number of hydrogen-bond donors (Lipinski definition) is 2. The third-order valence-electron chi connectivity index (χ3n) is 4.15. The van der Waals surface area contributed by atoms with Crippen molar-refractivity contribution in [1.82, 2.24) is 14.4 Å². The van der Waals surface area contributed by atoms with Crippen molar-refractivity contribution in [3.05, 3.63) is 72.4 Å². The van der Waals surface area contributed by atoms with E-state index in [1.165, 1.54) is 29.1 Å². The van der Waals surface area contributed by atoms with E-state index >= 15 is 0 Å². The Labute approximate surface area is 134 Å². The minimum Gasteiger partial charge on any atom is -0.370 e. The van der Waals surface area contributed by atoms with Gasteiger partial charge in [-0.3, -0.25) is 0 Å². The highest BCUT2D eigenvalue weighted by atomic mass is 19.4. The molecule has 0 aliphatic carbocycles. The lowest BCUT2D eigenvalue weighted by Crippen LogP contribution is -2.44. The van der Waals surface area contributed by atoms with Crippen molar-refractivity contribution >= 4 is 16.4 Å². The summed E-state index contributed by atoms with van der Waals surface area (Å²) in [6, 6.07) is 11.4. The minimum atomic E-state index is -4.95. The number of aromatic amines is 1. The summed E-state index contributed by atoms with van der Waals surface area (Å²) in [5, 5.41) is 11.1. The second-order valence-electron chi connectivity index (χ2n) is 5.53. The maximum Gasteiger partial charge on any atom is 0.428 e. The van der Waals surface area contributed by atoms with Gasteiger partial charge in [0.05, 0.1) is 11.7 Å². The van der Waals surface area contributed by atoms with Crippen LogP contribution in [0.4, 0.5) is 13.2 Å². The number of fused-ring (bicyclic) bond motifs is 2. The molecule has 24 heavy (non-hydrogen) atoms. The molecule has 0 amide bonds. The summed E-state index contributed by atoms with van der Waals surface area (Å²) in [6.45, 7) is 0. The number of aliphatic hydroxyl groups is 1. The van der Waals surface area contributed by atoms with Gasteiger partial charge in [-0.2, -0.15) is 13.2 Å². The van der Waals surface area contributed by atoms with Crippen LogP contribution in [-0.2, 0) is 5.60 Å². The maximum atomic E-state index is 14.0. The molecule has 1 unspecified atom stereocenters. The molecule has 2 N–H and O–H groups in total. The number of imidazole rings is 1. The fourth-order valence-corrected chi connectivity index (χ4v) is 2.98. The Hall–Kier alpha value is -2.80. The predicted octanol–water partition coefficient (Wildman–Crippen LogP) is 3.61. The predicted molar refractivity (Wildman–Crippen MR) is 82.5 cm³/mol. The Balaban J connectivity index is 2.07. The fraction of sp³-hybridized carbons (Fsp3) is 0.118. The number of halogens is 3. The van der Waals surface area contributed by atoms with Crippen LogP contribution >= 0.6 is 0 Å². The SMILES string of the molecule is OC(c1c[nH]c2ccccc12)(c1ncc2ccccn12)C(F)(F)F. The van der Waals surface area contributed by atoms with Gasteiger partial charge in [-0.15, -0.1) is 0 Å². The summed E-state index contributed by atoms with van der Waals surface area (Å²) in [7, 11) is 0. The first-order chi connectivity index (χ1) is 11.4. The quantitative estimate of drug-likeness (QED) is 0.589. The number of H-pyrrole nitrogens is 1. The second kappa shape index (κ2) is 4.85.